The second-order valence-corrected chi connectivity index (χ2v) is 3.34. The number of carboxylic acids is 1. The minimum atomic E-state index is -1.48. The first kappa shape index (κ1) is 10.3. The Morgan fingerprint density at radius 2 is 2.19 bits per heavy atom. The van der Waals surface area contributed by atoms with Gasteiger partial charge in [0.15, 0.2) is 0 Å². The van der Waals surface area contributed by atoms with Crippen LogP contribution in [-0.2, 0) is 9.59 Å². The summed E-state index contributed by atoms with van der Waals surface area (Å²) in [5, 5.41) is 8.66. The number of rotatable bonds is 0. The molecule has 0 saturated heterocycles. The number of nitrogens with two attached hydrogens (primary N) is 1. The third-order valence-electron chi connectivity index (χ3n) is 2.28. The summed E-state index contributed by atoms with van der Waals surface area (Å²) in [6.45, 7) is 0.484. The lowest BCUT2D eigenvalue weighted by atomic mass is 10.2. The van der Waals surface area contributed by atoms with Gasteiger partial charge in [0, 0.05) is 11.8 Å². The molecule has 1 aromatic rings. The Kier molecular flexibility index (Phi) is 2.40. The first-order chi connectivity index (χ1) is 7.59. The lowest BCUT2D eigenvalue weighted by Gasteiger charge is -2.28. The van der Waals surface area contributed by atoms with Crippen LogP contribution in [0.3, 0.4) is 0 Å². The summed E-state index contributed by atoms with van der Waals surface area (Å²) >= 11 is 0. The largest absolute Gasteiger partial charge is 0.489 e. The third kappa shape index (κ3) is 1.65. The van der Waals surface area contributed by atoms with Crippen molar-refractivity contribution in [1.82, 2.24) is 0 Å². The number of nitrogens with zero attached hydrogens (tertiary/aromatic N) is 1. The molecular formula is C10H10N2O4. The predicted octanol–water partition coefficient (Wildman–Crippen LogP) is 0.0788. The van der Waals surface area contributed by atoms with Gasteiger partial charge < -0.3 is 15.6 Å². The van der Waals surface area contributed by atoms with Gasteiger partial charge in [-0.3, -0.25) is 9.69 Å². The molecule has 0 unspecified atom stereocenters. The topological polar surface area (TPSA) is 92.9 Å². The number of fused-ring (bicyclic) bond motifs is 1. The van der Waals surface area contributed by atoms with Gasteiger partial charge >= 0.3 is 11.9 Å². The molecule has 0 aromatic heterocycles. The highest BCUT2D eigenvalue weighted by Crippen LogP contribution is 2.33. The monoisotopic (exact) mass is 222 g/mol. The maximum Gasteiger partial charge on any atom is 0.394 e. The number of carbonyl (C=O) groups excluding carboxylic acids is 1. The van der Waals surface area contributed by atoms with Crippen LogP contribution in [0.2, 0.25) is 0 Å². The van der Waals surface area contributed by atoms with Crippen LogP contribution < -0.4 is 15.4 Å². The molecular weight excluding hydrogens is 212 g/mol. The molecule has 6 nitrogen and oxygen atoms in total. The van der Waals surface area contributed by atoms with Gasteiger partial charge in [0.1, 0.15) is 12.4 Å². The first-order valence-electron chi connectivity index (χ1n) is 4.66. The number of hydrogen-bond donors (Lipinski definition) is 2. The summed E-state index contributed by atoms with van der Waals surface area (Å²) in [5.74, 6) is -2.01. The number of hydrogen-bond acceptors (Lipinski definition) is 4. The van der Waals surface area contributed by atoms with Crippen LogP contribution in [0.4, 0.5) is 11.4 Å². The molecule has 3 N–H and O–H groups in total. The van der Waals surface area contributed by atoms with E-state index in [1.165, 1.54) is 4.90 Å². The van der Waals surface area contributed by atoms with E-state index < -0.39 is 11.9 Å². The molecule has 0 radical (unpaired) electrons. The molecule has 16 heavy (non-hydrogen) atoms. The Morgan fingerprint density at radius 1 is 1.44 bits per heavy atom. The van der Waals surface area contributed by atoms with E-state index in [9.17, 15) is 9.59 Å². The Labute approximate surface area is 91.2 Å². The fraction of sp³-hybridized carbons (Fsp3) is 0.200. The van der Waals surface area contributed by atoms with E-state index in [2.05, 4.69) is 0 Å². The predicted molar refractivity (Wildman–Crippen MR) is 56.3 cm³/mol. The van der Waals surface area contributed by atoms with Gasteiger partial charge in [0.2, 0.25) is 0 Å². The minimum absolute atomic E-state index is 0.224. The fourth-order valence-corrected chi connectivity index (χ4v) is 1.56. The van der Waals surface area contributed by atoms with Crippen LogP contribution in [0.1, 0.15) is 0 Å². The van der Waals surface area contributed by atoms with Crippen molar-refractivity contribution in [3.63, 3.8) is 0 Å². The van der Waals surface area contributed by atoms with E-state index in [-0.39, 0.29) is 13.2 Å². The van der Waals surface area contributed by atoms with E-state index in [0.717, 1.165) is 0 Å². The molecule has 1 amide bonds. The summed E-state index contributed by atoms with van der Waals surface area (Å²) < 4.78 is 5.30. The highest BCUT2D eigenvalue weighted by molar-refractivity contribution is 6.37. The molecule has 0 aliphatic carbocycles. The average molecular weight is 222 g/mol. The molecule has 1 aliphatic heterocycles. The van der Waals surface area contributed by atoms with Crippen molar-refractivity contribution in [1.29, 1.82) is 0 Å². The quantitative estimate of drug-likeness (QED) is 0.479. The smallest absolute Gasteiger partial charge is 0.394 e. The van der Waals surface area contributed by atoms with E-state index in [1.54, 1.807) is 18.2 Å². The van der Waals surface area contributed by atoms with Crippen molar-refractivity contribution < 1.29 is 19.4 Å². The number of nitrogen functional groups attached to an aromatic ring is 1. The Bertz CT molecular complexity index is 458. The maximum absolute atomic E-state index is 11.4. The highest BCUT2D eigenvalue weighted by atomic mass is 16.5. The molecule has 6 heteroatoms. The van der Waals surface area contributed by atoms with Gasteiger partial charge in [-0.25, -0.2) is 4.79 Å². The van der Waals surface area contributed by atoms with Crippen LogP contribution in [0.25, 0.3) is 0 Å². The van der Waals surface area contributed by atoms with E-state index in [4.69, 9.17) is 15.6 Å². The van der Waals surface area contributed by atoms with E-state index in [1.807, 2.05) is 0 Å². The van der Waals surface area contributed by atoms with Gasteiger partial charge in [-0.1, -0.05) is 0 Å². The summed E-state index contributed by atoms with van der Waals surface area (Å²) in [6.07, 6.45) is 0. The van der Waals surface area contributed by atoms with Crippen molar-refractivity contribution in [2.24, 2.45) is 0 Å². The van der Waals surface area contributed by atoms with Crippen molar-refractivity contribution in [3.8, 4) is 5.75 Å². The second kappa shape index (κ2) is 3.73. The highest BCUT2D eigenvalue weighted by Gasteiger charge is 2.27. The van der Waals surface area contributed by atoms with E-state index in [0.29, 0.717) is 17.1 Å². The van der Waals surface area contributed by atoms with Crippen molar-refractivity contribution >= 4 is 23.3 Å². The van der Waals surface area contributed by atoms with Crippen LogP contribution >= 0.6 is 0 Å². The molecule has 2 rings (SSSR count). The van der Waals surface area contributed by atoms with Gasteiger partial charge in [-0.2, -0.15) is 0 Å². The Hall–Kier alpha value is -2.24. The number of ether oxygens (including phenoxy) is 1. The van der Waals surface area contributed by atoms with Crippen LogP contribution in [0.5, 0.6) is 5.75 Å². The SMILES string of the molecule is Nc1ccc2c(c1)OCCN2C(=O)C(=O)O. The molecule has 0 atom stereocenters. The maximum atomic E-state index is 11.4. The molecule has 0 bridgehead atoms. The molecule has 0 fully saturated rings. The number of anilines is 2. The zero-order chi connectivity index (χ0) is 11.7. The zero-order valence-corrected chi connectivity index (χ0v) is 8.34. The molecule has 84 valence electrons. The number of carboxylic acid groups (broad SMARTS) is 1. The normalized spacial score (nSPS) is 13.9. The number of amides is 1. The lowest BCUT2D eigenvalue weighted by Crippen LogP contribution is -2.41. The minimum Gasteiger partial charge on any atom is -0.489 e. The molecule has 1 aromatic carbocycles. The molecule has 0 spiro atoms. The van der Waals surface area contributed by atoms with Crippen LogP contribution in [0.15, 0.2) is 18.2 Å². The second-order valence-electron chi connectivity index (χ2n) is 3.34. The third-order valence-corrected chi connectivity index (χ3v) is 2.28. The van der Waals surface area contributed by atoms with Crippen molar-refractivity contribution in [2.75, 3.05) is 23.8 Å². The van der Waals surface area contributed by atoms with Gasteiger partial charge in [0.05, 0.1) is 12.2 Å². The summed E-state index contributed by atoms with van der Waals surface area (Å²) in [5.41, 5.74) is 6.50. The van der Waals surface area contributed by atoms with Gasteiger partial charge in [-0.05, 0) is 12.1 Å². The number of aliphatic carboxylic acids is 1. The van der Waals surface area contributed by atoms with Crippen LogP contribution in [-0.4, -0.2) is 30.1 Å². The Morgan fingerprint density at radius 3 is 2.88 bits per heavy atom. The first-order valence-corrected chi connectivity index (χ1v) is 4.66. The molecule has 0 saturated carbocycles. The Balaban J connectivity index is 2.40. The van der Waals surface area contributed by atoms with Crippen LogP contribution in [0, 0.1) is 0 Å². The average Bonchev–Trinajstić information content (AvgIpc) is 2.26. The lowest BCUT2D eigenvalue weighted by molar-refractivity contribution is -0.148. The van der Waals surface area contributed by atoms with Crippen molar-refractivity contribution in [3.05, 3.63) is 18.2 Å². The van der Waals surface area contributed by atoms with Crippen molar-refractivity contribution in [2.45, 2.75) is 0 Å². The fourth-order valence-electron chi connectivity index (χ4n) is 1.56. The molecule has 1 heterocycles. The standard InChI is InChI=1S/C10H10N2O4/c11-6-1-2-7-8(5-6)16-4-3-12(7)9(13)10(14)15/h1-2,5H,3-4,11H2,(H,14,15). The van der Waals surface area contributed by atoms with Gasteiger partial charge in [0.25, 0.3) is 0 Å². The van der Waals surface area contributed by atoms with E-state index >= 15 is 0 Å². The summed E-state index contributed by atoms with van der Waals surface area (Å²) in [4.78, 5) is 23.2. The summed E-state index contributed by atoms with van der Waals surface area (Å²) in [6, 6.07) is 4.73. The zero-order valence-electron chi connectivity index (χ0n) is 8.34. The summed E-state index contributed by atoms with van der Waals surface area (Å²) in [7, 11) is 0. The number of benzene rings is 1. The molecule has 1 aliphatic rings. The van der Waals surface area contributed by atoms with Gasteiger partial charge in [-0.15, -0.1) is 0 Å². The number of carbonyl (C=O) groups is 2.